The molecule has 2 aromatic rings. The number of ether oxygens (including phenoxy) is 4. The number of hydrogen-bond donors (Lipinski definition) is 0. The summed E-state index contributed by atoms with van der Waals surface area (Å²) in [4.78, 5) is 14.0. The molecule has 0 bridgehead atoms. The summed E-state index contributed by atoms with van der Waals surface area (Å²) in [6.45, 7) is 0. The van der Waals surface area contributed by atoms with Gasteiger partial charge < -0.3 is 18.9 Å². The fourth-order valence-corrected chi connectivity index (χ4v) is 7.50. The van der Waals surface area contributed by atoms with Crippen molar-refractivity contribution in [2.45, 2.75) is 72.9 Å². The molecule has 196 valence electrons. The van der Waals surface area contributed by atoms with Crippen molar-refractivity contribution in [3.8, 4) is 23.0 Å². The van der Waals surface area contributed by atoms with Crippen LogP contribution < -0.4 is 18.9 Å². The van der Waals surface area contributed by atoms with Crippen LogP contribution in [0.1, 0.15) is 91.3 Å². The van der Waals surface area contributed by atoms with Crippen molar-refractivity contribution in [2.75, 3.05) is 28.4 Å². The van der Waals surface area contributed by atoms with Crippen LogP contribution in [0.4, 0.5) is 0 Å². The van der Waals surface area contributed by atoms with Crippen molar-refractivity contribution in [3.05, 3.63) is 46.5 Å². The quantitative estimate of drug-likeness (QED) is 0.220. The Labute approximate surface area is 231 Å². The van der Waals surface area contributed by atoms with Crippen molar-refractivity contribution >= 4 is 37.6 Å². The van der Waals surface area contributed by atoms with Gasteiger partial charge in [-0.15, -0.1) is 0 Å². The summed E-state index contributed by atoms with van der Waals surface area (Å²) in [5.41, 5.74) is 2.92. The van der Waals surface area contributed by atoms with Crippen LogP contribution >= 0.6 is 31.9 Å². The predicted molar refractivity (Wildman–Crippen MR) is 150 cm³/mol. The molecule has 0 heterocycles. The molecule has 36 heavy (non-hydrogen) atoms. The molecule has 7 heteroatoms. The zero-order chi connectivity index (χ0) is 25.9. The number of benzene rings is 2. The van der Waals surface area contributed by atoms with Crippen molar-refractivity contribution in [2.24, 2.45) is 0 Å². The lowest BCUT2D eigenvalue weighted by molar-refractivity contribution is 0.103. The van der Waals surface area contributed by atoms with Gasteiger partial charge in [-0.1, -0.05) is 70.4 Å². The molecule has 2 aliphatic rings. The van der Waals surface area contributed by atoms with Crippen LogP contribution in [0.3, 0.4) is 0 Å². The summed E-state index contributed by atoms with van der Waals surface area (Å²) in [6.07, 6.45) is 11.1. The summed E-state index contributed by atoms with van der Waals surface area (Å²) in [5, 5.41) is 0. The van der Waals surface area contributed by atoms with Crippen LogP contribution in [-0.2, 0) is 8.65 Å². The van der Waals surface area contributed by atoms with E-state index in [0.717, 1.165) is 62.5 Å². The van der Waals surface area contributed by atoms with Crippen molar-refractivity contribution in [1.82, 2.24) is 0 Å². The SMILES string of the molecule is COc1cc(C2(Br)CCCCC2)c(OC)cc1C(=O)c1cc(OC)c(C2(Br)CCCCC2)cc1OC. The summed E-state index contributed by atoms with van der Waals surface area (Å²) >= 11 is 7.99. The molecular weight excluding hydrogens is 588 g/mol. The normalized spacial score (nSPS) is 18.8. The van der Waals surface area contributed by atoms with Crippen LogP contribution in [0.25, 0.3) is 0 Å². The number of halogens is 2. The second-order valence-corrected chi connectivity index (χ2v) is 12.9. The summed E-state index contributed by atoms with van der Waals surface area (Å²) in [5.74, 6) is 2.21. The average Bonchev–Trinajstić information content (AvgIpc) is 2.91. The molecule has 0 aromatic heterocycles. The third-order valence-corrected chi connectivity index (χ3v) is 10.2. The van der Waals surface area contributed by atoms with E-state index in [-0.39, 0.29) is 14.4 Å². The third-order valence-electron chi connectivity index (χ3n) is 7.79. The molecule has 2 aliphatic carbocycles. The van der Waals surface area contributed by atoms with Gasteiger partial charge in [-0.25, -0.2) is 0 Å². The molecule has 5 nitrogen and oxygen atoms in total. The van der Waals surface area contributed by atoms with E-state index < -0.39 is 0 Å². The first-order valence-corrected chi connectivity index (χ1v) is 14.3. The molecule has 0 spiro atoms. The molecular formula is C29H36Br2O5. The first kappa shape index (κ1) is 27.3. The average molecular weight is 624 g/mol. The first-order chi connectivity index (χ1) is 17.3. The van der Waals surface area contributed by atoms with Gasteiger partial charge in [0.1, 0.15) is 23.0 Å². The molecule has 0 N–H and O–H groups in total. The standard InChI is InChI=1S/C29H36Br2O5/c1-33-23-17-21(28(30)11-7-5-8-12-28)25(35-3)15-19(23)27(32)20-16-26(36-4)22(18-24(20)34-2)29(31)13-9-6-10-14-29/h15-18H,5-14H2,1-4H3. The minimum Gasteiger partial charge on any atom is -0.496 e. The van der Waals surface area contributed by atoms with E-state index >= 15 is 0 Å². The lowest BCUT2D eigenvalue weighted by Gasteiger charge is -2.34. The highest BCUT2D eigenvalue weighted by atomic mass is 79.9. The van der Waals surface area contributed by atoms with Gasteiger partial charge in [-0.3, -0.25) is 4.79 Å². The Balaban J connectivity index is 1.80. The predicted octanol–water partition coefficient (Wildman–Crippen LogP) is 8.06. The lowest BCUT2D eigenvalue weighted by atomic mass is 9.81. The minimum absolute atomic E-state index is 0.182. The molecule has 0 aliphatic heterocycles. The second kappa shape index (κ2) is 11.3. The first-order valence-electron chi connectivity index (χ1n) is 12.8. The highest BCUT2D eigenvalue weighted by Gasteiger charge is 2.37. The minimum atomic E-state index is -0.196. The Kier molecular flexibility index (Phi) is 8.60. The summed E-state index contributed by atoms with van der Waals surface area (Å²) in [6, 6.07) is 7.53. The molecule has 0 radical (unpaired) electrons. The van der Waals surface area contributed by atoms with E-state index in [2.05, 4.69) is 31.9 Å². The van der Waals surface area contributed by atoms with Crippen LogP contribution in [0.2, 0.25) is 0 Å². The van der Waals surface area contributed by atoms with Gasteiger partial charge in [0, 0.05) is 11.1 Å². The van der Waals surface area contributed by atoms with Crippen LogP contribution in [0, 0.1) is 0 Å². The van der Waals surface area contributed by atoms with Gasteiger partial charge in [0.05, 0.1) is 48.2 Å². The molecule has 2 fully saturated rings. The highest BCUT2D eigenvalue weighted by Crippen LogP contribution is 2.51. The Hall–Kier alpha value is -1.73. The number of rotatable bonds is 8. The maximum absolute atomic E-state index is 14.0. The summed E-state index contributed by atoms with van der Waals surface area (Å²) in [7, 11) is 6.50. The van der Waals surface area contributed by atoms with E-state index in [1.807, 2.05) is 12.1 Å². The molecule has 2 saturated carbocycles. The fourth-order valence-electron chi connectivity index (χ4n) is 5.76. The highest BCUT2D eigenvalue weighted by molar-refractivity contribution is 9.09. The number of alkyl halides is 2. The fraction of sp³-hybridized carbons (Fsp3) is 0.552. The van der Waals surface area contributed by atoms with E-state index in [1.165, 1.54) is 12.8 Å². The third kappa shape index (κ3) is 5.15. The number of methoxy groups -OCH3 is 4. The van der Waals surface area contributed by atoms with Gasteiger partial charge in [0.15, 0.2) is 0 Å². The van der Waals surface area contributed by atoms with E-state index in [1.54, 1.807) is 40.6 Å². The van der Waals surface area contributed by atoms with E-state index in [0.29, 0.717) is 34.1 Å². The topological polar surface area (TPSA) is 54.0 Å². The molecule has 0 saturated heterocycles. The van der Waals surface area contributed by atoms with Crippen molar-refractivity contribution in [3.63, 3.8) is 0 Å². The number of carbonyl (C=O) groups is 1. The van der Waals surface area contributed by atoms with E-state index in [9.17, 15) is 4.79 Å². The Morgan fingerprint density at radius 2 is 0.917 bits per heavy atom. The van der Waals surface area contributed by atoms with Gasteiger partial charge in [-0.05, 0) is 49.9 Å². The zero-order valence-corrected chi connectivity index (χ0v) is 24.8. The molecule has 0 unspecified atom stereocenters. The number of hydrogen-bond acceptors (Lipinski definition) is 5. The van der Waals surface area contributed by atoms with Crippen LogP contribution in [0.15, 0.2) is 24.3 Å². The molecule has 0 atom stereocenters. The zero-order valence-electron chi connectivity index (χ0n) is 21.7. The van der Waals surface area contributed by atoms with Gasteiger partial charge in [0.25, 0.3) is 0 Å². The maximum atomic E-state index is 14.0. The van der Waals surface area contributed by atoms with Crippen LogP contribution in [-0.4, -0.2) is 34.2 Å². The monoisotopic (exact) mass is 622 g/mol. The summed E-state index contributed by atoms with van der Waals surface area (Å²) < 4.78 is 22.7. The second-order valence-electron chi connectivity index (χ2n) is 9.89. The molecule has 4 rings (SSSR count). The lowest BCUT2D eigenvalue weighted by Crippen LogP contribution is -2.23. The van der Waals surface area contributed by atoms with Gasteiger partial charge in [0.2, 0.25) is 5.78 Å². The molecule has 2 aromatic carbocycles. The van der Waals surface area contributed by atoms with Gasteiger partial charge >= 0.3 is 0 Å². The number of carbonyl (C=O) groups excluding carboxylic acids is 1. The Bertz CT molecular complexity index is 1020. The largest absolute Gasteiger partial charge is 0.496 e. The van der Waals surface area contributed by atoms with Crippen LogP contribution in [0.5, 0.6) is 23.0 Å². The molecule has 0 amide bonds. The van der Waals surface area contributed by atoms with Crippen molar-refractivity contribution < 1.29 is 23.7 Å². The Morgan fingerprint density at radius 3 is 1.22 bits per heavy atom. The maximum Gasteiger partial charge on any atom is 0.200 e. The number of ketones is 1. The van der Waals surface area contributed by atoms with Crippen molar-refractivity contribution in [1.29, 1.82) is 0 Å². The van der Waals surface area contributed by atoms with E-state index in [4.69, 9.17) is 18.9 Å². The smallest absolute Gasteiger partial charge is 0.200 e. The Morgan fingerprint density at radius 1 is 0.583 bits per heavy atom. The van der Waals surface area contributed by atoms with Gasteiger partial charge in [-0.2, -0.15) is 0 Å².